The van der Waals surface area contributed by atoms with E-state index in [1.165, 1.54) is 21.8 Å². The molecule has 3 heteroatoms. The molecule has 4 rings (SSSR count). The van der Waals surface area contributed by atoms with E-state index < -0.39 is 0 Å². The maximum absolute atomic E-state index is 5.97. The molecule has 0 radical (unpaired) electrons. The molecule has 2 heterocycles. The summed E-state index contributed by atoms with van der Waals surface area (Å²) < 4.78 is 5.97. The Bertz CT molecular complexity index is 618. The van der Waals surface area contributed by atoms with E-state index in [-0.39, 0.29) is 6.10 Å². The van der Waals surface area contributed by atoms with E-state index in [9.17, 15) is 0 Å². The fourth-order valence-corrected chi connectivity index (χ4v) is 4.44. The van der Waals surface area contributed by atoms with E-state index in [1.54, 1.807) is 0 Å². The summed E-state index contributed by atoms with van der Waals surface area (Å²) in [6.07, 6.45) is 1.31. The van der Waals surface area contributed by atoms with Crippen LogP contribution in [0.15, 0.2) is 53.4 Å². The molecule has 2 aromatic rings. The zero-order valence-electron chi connectivity index (χ0n) is 11.9. The Labute approximate surface area is 129 Å². The average molecular weight is 297 g/mol. The lowest BCUT2D eigenvalue weighted by Gasteiger charge is -2.15. The SMILES string of the molecule is c1ccc2c(c1)CC(CNCC1CSc3ccccc31)O2. The first-order valence-corrected chi connectivity index (χ1v) is 8.56. The van der Waals surface area contributed by atoms with Gasteiger partial charge in [-0.1, -0.05) is 36.4 Å². The third-order valence-electron chi connectivity index (χ3n) is 4.28. The maximum Gasteiger partial charge on any atom is 0.123 e. The quantitative estimate of drug-likeness (QED) is 0.933. The highest BCUT2D eigenvalue weighted by atomic mass is 32.2. The molecule has 2 unspecified atom stereocenters. The number of fused-ring (bicyclic) bond motifs is 2. The first kappa shape index (κ1) is 13.2. The second kappa shape index (κ2) is 5.74. The minimum Gasteiger partial charge on any atom is -0.488 e. The van der Waals surface area contributed by atoms with Crippen LogP contribution in [0.3, 0.4) is 0 Å². The van der Waals surface area contributed by atoms with E-state index in [1.807, 2.05) is 17.8 Å². The van der Waals surface area contributed by atoms with E-state index in [4.69, 9.17) is 4.74 Å². The molecule has 0 amide bonds. The first-order chi connectivity index (χ1) is 10.4. The van der Waals surface area contributed by atoms with Crippen molar-refractivity contribution in [2.24, 2.45) is 0 Å². The number of para-hydroxylation sites is 1. The van der Waals surface area contributed by atoms with E-state index in [0.717, 1.165) is 25.3 Å². The molecule has 0 aliphatic carbocycles. The van der Waals surface area contributed by atoms with Gasteiger partial charge in [0.15, 0.2) is 0 Å². The Hall–Kier alpha value is -1.45. The average Bonchev–Trinajstić information content (AvgIpc) is 3.11. The number of benzene rings is 2. The second-order valence-corrected chi connectivity index (χ2v) is 6.82. The third kappa shape index (κ3) is 2.68. The number of hydrogen-bond acceptors (Lipinski definition) is 3. The van der Waals surface area contributed by atoms with Crippen LogP contribution in [0.25, 0.3) is 0 Å². The smallest absolute Gasteiger partial charge is 0.123 e. The molecule has 0 fully saturated rings. The van der Waals surface area contributed by atoms with Crippen LogP contribution in [-0.2, 0) is 6.42 Å². The number of nitrogens with one attached hydrogen (secondary N) is 1. The van der Waals surface area contributed by atoms with Gasteiger partial charge in [-0.3, -0.25) is 0 Å². The van der Waals surface area contributed by atoms with Crippen LogP contribution in [0, 0.1) is 0 Å². The van der Waals surface area contributed by atoms with E-state index in [0.29, 0.717) is 5.92 Å². The van der Waals surface area contributed by atoms with Crippen LogP contribution < -0.4 is 10.1 Å². The molecule has 2 aliphatic rings. The summed E-state index contributed by atoms with van der Waals surface area (Å²) in [5.74, 6) is 2.89. The predicted octanol–water partition coefficient (Wildman–Crippen LogP) is 3.47. The van der Waals surface area contributed by atoms with Gasteiger partial charge in [-0.15, -0.1) is 11.8 Å². The molecule has 0 saturated heterocycles. The normalized spacial score (nSPS) is 22.7. The zero-order chi connectivity index (χ0) is 14.1. The summed E-state index contributed by atoms with van der Waals surface area (Å²) in [6.45, 7) is 1.97. The summed E-state index contributed by atoms with van der Waals surface area (Å²) in [7, 11) is 0. The minimum absolute atomic E-state index is 0.284. The molecule has 2 nitrogen and oxygen atoms in total. The van der Waals surface area contributed by atoms with Crippen LogP contribution in [0.2, 0.25) is 0 Å². The van der Waals surface area contributed by atoms with Gasteiger partial charge in [0, 0.05) is 36.1 Å². The van der Waals surface area contributed by atoms with Gasteiger partial charge in [-0.05, 0) is 23.3 Å². The summed E-state index contributed by atoms with van der Waals surface area (Å²) in [5, 5.41) is 3.61. The topological polar surface area (TPSA) is 21.3 Å². The van der Waals surface area contributed by atoms with E-state index in [2.05, 4.69) is 47.8 Å². The van der Waals surface area contributed by atoms with Gasteiger partial charge in [-0.25, -0.2) is 0 Å². The van der Waals surface area contributed by atoms with Gasteiger partial charge in [0.25, 0.3) is 0 Å². The van der Waals surface area contributed by atoms with Crippen molar-refractivity contribution in [1.29, 1.82) is 0 Å². The van der Waals surface area contributed by atoms with Crippen molar-refractivity contribution in [2.45, 2.75) is 23.3 Å². The number of hydrogen-bond donors (Lipinski definition) is 1. The van der Waals surface area contributed by atoms with Crippen molar-refractivity contribution >= 4 is 11.8 Å². The lowest BCUT2D eigenvalue weighted by Crippen LogP contribution is -2.32. The molecular weight excluding hydrogens is 278 g/mol. The Kier molecular flexibility index (Phi) is 3.62. The van der Waals surface area contributed by atoms with Gasteiger partial charge < -0.3 is 10.1 Å². The highest BCUT2D eigenvalue weighted by Crippen LogP contribution is 2.38. The van der Waals surface area contributed by atoms with Crippen molar-refractivity contribution < 1.29 is 4.74 Å². The lowest BCUT2D eigenvalue weighted by molar-refractivity contribution is 0.227. The number of rotatable bonds is 4. The van der Waals surface area contributed by atoms with Crippen LogP contribution in [0.4, 0.5) is 0 Å². The zero-order valence-corrected chi connectivity index (χ0v) is 12.7. The van der Waals surface area contributed by atoms with Gasteiger partial charge in [0.1, 0.15) is 11.9 Å². The molecule has 108 valence electrons. The minimum atomic E-state index is 0.284. The first-order valence-electron chi connectivity index (χ1n) is 7.57. The number of thioether (sulfide) groups is 1. The molecule has 21 heavy (non-hydrogen) atoms. The highest BCUT2D eigenvalue weighted by Gasteiger charge is 2.24. The monoisotopic (exact) mass is 297 g/mol. The third-order valence-corrected chi connectivity index (χ3v) is 5.53. The summed E-state index contributed by atoms with van der Waals surface area (Å²) in [4.78, 5) is 1.45. The summed E-state index contributed by atoms with van der Waals surface area (Å²) in [5.41, 5.74) is 2.84. The van der Waals surface area contributed by atoms with Crippen LogP contribution in [-0.4, -0.2) is 24.9 Å². The van der Waals surface area contributed by atoms with Crippen LogP contribution in [0.5, 0.6) is 5.75 Å². The molecular formula is C18H19NOS. The van der Waals surface area contributed by atoms with Gasteiger partial charge in [0.05, 0.1) is 0 Å². The van der Waals surface area contributed by atoms with Gasteiger partial charge >= 0.3 is 0 Å². The Morgan fingerprint density at radius 3 is 2.86 bits per heavy atom. The second-order valence-electron chi connectivity index (χ2n) is 5.76. The van der Waals surface area contributed by atoms with Gasteiger partial charge in [-0.2, -0.15) is 0 Å². The summed E-state index contributed by atoms with van der Waals surface area (Å²) >= 11 is 1.98. The Morgan fingerprint density at radius 1 is 1.05 bits per heavy atom. The molecule has 0 saturated carbocycles. The highest BCUT2D eigenvalue weighted by molar-refractivity contribution is 7.99. The molecule has 2 atom stereocenters. The standard InChI is InChI=1S/C18H19NOS/c1-3-7-17-13(5-1)9-15(20-17)11-19-10-14-12-21-18-8-4-2-6-16(14)18/h1-8,14-15,19H,9-12H2. The van der Waals surface area contributed by atoms with Gasteiger partial charge in [0.2, 0.25) is 0 Å². The van der Waals surface area contributed by atoms with E-state index >= 15 is 0 Å². The lowest BCUT2D eigenvalue weighted by atomic mass is 10.0. The molecule has 2 aliphatic heterocycles. The number of ether oxygens (including phenoxy) is 1. The predicted molar refractivity (Wildman–Crippen MR) is 87.3 cm³/mol. The van der Waals surface area contributed by atoms with Crippen molar-refractivity contribution in [3.63, 3.8) is 0 Å². The fraction of sp³-hybridized carbons (Fsp3) is 0.333. The van der Waals surface area contributed by atoms with Crippen LogP contribution in [0.1, 0.15) is 17.0 Å². The van der Waals surface area contributed by atoms with Crippen molar-refractivity contribution in [1.82, 2.24) is 5.32 Å². The fourth-order valence-electron chi connectivity index (χ4n) is 3.18. The van der Waals surface area contributed by atoms with Crippen LogP contribution >= 0.6 is 11.8 Å². The van der Waals surface area contributed by atoms with Crippen molar-refractivity contribution in [2.75, 3.05) is 18.8 Å². The summed E-state index contributed by atoms with van der Waals surface area (Å²) in [6, 6.07) is 17.1. The Balaban J connectivity index is 1.30. The maximum atomic E-state index is 5.97. The Morgan fingerprint density at radius 2 is 1.90 bits per heavy atom. The molecule has 0 spiro atoms. The van der Waals surface area contributed by atoms with Crippen molar-refractivity contribution in [3.8, 4) is 5.75 Å². The largest absolute Gasteiger partial charge is 0.488 e. The molecule has 0 aromatic heterocycles. The molecule has 0 bridgehead atoms. The molecule has 1 N–H and O–H groups in total. The van der Waals surface area contributed by atoms with Crippen molar-refractivity contribution in [3.05, 3.63) is 59.7 Å². The molecule has 2 aromatic carbocycles.